The van der Waals surface area contributed by atoms with Crippen LogP contribution in [0.3, 0.4) is 0 Å². The SMILES string of the molecule is COC(=O)C(C(=NC1CC1)C(C)C(=O)O)=C(O)C(F)(F)C(F)(F)F. The molecule has 0 heterocycles. The van der Waals surface area contributed by atoms with Gasteiger partial charge in [-0.3, -0.25) is 9.79 Å². The number of methoxy groups -OCH3 is 1. The van der Waals surface area contributed by atoms with Gasteiger partial charge in [0.05, 0.1) is 24.8 Å². The van der Waals surface area contributed by atoms with Crippen molar-refractivity contribution in [2.24, 2.45) is 10.9 Å². The van der Waals surface area contributed by atoms with E-state index in [4.69, 9.17) is 5.11 Å². The van der Waals surface area contributed by atoms with Crippen LogP contribution in [0.15, 0.2) is 16.3 Å². The molecule has 0 aromatic carbocycles. The molecule has 11 heteroatoms. The first-order valence-electron chi connectivity index (χ1n) is 6.62. The number of aliphatic hydroxyl groups excluding tert-OH is 1. The lowest BCUT2D eigenvalue weighted by Crippen LogP contribution is -2.41. The molecule has 2 N–H and O–H groups in total. The molecule has 1 aliphatic carbocycles. The maximum Gasteiger partial charge on any atom is 0.461 e. The number of rotatable bonds is 6. The first kappa shape index (κ1) is 19.8. The Morgan fingerprint density at radius 3 is 2.00 bits per heavy atom. The standard InChI is InChI=1S/C13H14F5NO5/c1-5(10(21)22)8(19-6-3-4-6)7(11(23)24-2)9(20)12(14,15)13(16,17)18/h5-6,20H,3-4H2,1-2H3,(H,21,22). The number of allylic oxidation sites excluding steroid dienone is 1. The molecule has 136 valence electrons. The number of aliphatic carboxylic acids is 1. The lowest BCUT2D eigenvalue weighted by Gasteiger charge is -2.22. The van der Waals surface area contributed by atoms with E-state index in [0.717, 1.165) is 6.92 Å². The minimum absolute atomic E-state index is 0.445. The van der Waals surface area contributed by atoms with E-state index < -0.39 is 53.0 Å². The lowest BCUT2D eigenvalue weighted by molar-refractivity contribution is -0.274. The molecule has 0 saturated heterocycles. The number of hydrogen-bond acceptors (Lipinski definition) is 5. The Kier molecular flexibility index (Phi) is 5.57. The van der Waals surface area contributed by atoms with Gasteiger partial charge in [0, 0.05) is 0 Å². The predicted octanol–water partition coefficient (Wildman–Crippen LogP) is 2.49. The third-order valence-electron chi connectivity index (χ3n) is 3.19. The molecule has 1 atom stereocenters. The third kappa shape index (κ3) is 4.01. The molecule has 1 aliphatic rings. The van der Waals surface area contributed by atoms with E-state index in [1.807, 2.05) is 0 Å². The minimum atomic E-state index is -6.20. The normalized spacial score (nSPS) is 18.7. The highest BCUT2D eigenvalue weighted by molar-refractivity contribution is 6.25. The number of carbonyl (C=O) groups is 2. The zero-order valence-corrected chi connectivity index (χ0v) is 12.5. The number of ether oxygens (including phenoxy) is 1. The number of alkyl halides is 5. The van der Waals surface area contributed by atoms with Gasteiger partial charge in [0.25, 0.3) is 0 Å². The van der Waals surface area contributed by atoms with Gasteiger partial charge >= 0.3 is 24.0 Å². The Bertz CT molecular complexity index is 592. The van der Waals surface area contributed by atoms with Gasteiger partial charge < -0.3 is 14.9 Å². The fourth-order valence-electron chi connectivity index (χ4n) is 1.63. The summed E-state index contributed by atoms with van der Waals surface area (Å²) in [4.78, 5) is 26.5. The molecule has 0 bridgehead atoms. The Hall–Kier alpha value is -2.20. The lowest BCUT2D eigenvalue weighted by atomic mass is 9.95. The van der Waals surface area contributed by atoms with Crippen molar-refractivity contribution in [3.63, 3.8) is 0 Å². The van der Waals surface area contributed by atoms with Crippen molar-refractivity contribution in [1.82, 2.24) is 0 Å². The van der Waals surface area contributed by atoms with Gasteiger partial charge in [-0.2, -0.15) is 22.0 Å². The van der Waals surface area contributed by atoms with Crippen LogP contribution in [-0.2, 0) is 14.3 Å². The largest absolute Gasteiger partial charge is 0.505 e. The summed E-state index contributed by atoms with van der Waals surface area (Å²) in [5.74, 6) is -13.5. The Morgan fingerprint density at radius 2 is 1.67 bits per heavy atom. The van der Waals surface area contributed by atoms with Crippen molar-refractivity contribution < 1.29 is 46.5 Å². The first-order chi connectivity index (χ1) is 10.8. The molecule has 1 rings (SSSR count). The summed E-state index contributed by atoms with van der Waals surface area (Å²) in [5.41, 5.74) is -2.49. The van der Waals surface area contributed by atoms with Crippen molar-refractivity contribution in [1.29, 1.82) is 0 Å². The second-order valence-corrected chi connectivity index (χ2v) is 5.09. The summed E-state index contributed by atoms with van der Waals surface area (Å²) >= 11 is 0. The summed E-state index contributed by atoms with van der Waals surface area (Å²) in [7, 11) is 0.682. The molecule has 0 aliphatic heterocycles. The highest BCUT2D eigenvalue weighted by atomic mass is 19.4. The van der Waals surface area contributed by atoms with Crippen molar-refractivity contribution >= 4 is 17.7 Å². The quantitative estimate of drug-likeness (QED) is 0.250. The molecule has 0 amide bonds. The second kappa shape index (κ2) is 6.73. The molecule has 6 nitrogen and oxygen atoms in total. The van der Waals surface area contributed by atoms with Gasteiger partial charge in [-0.1, -0.05) is 0 Å². The number of aliphatic hydroxyl groups is 1. The average Bonchev–Trinajstić information content (AvgIpc) is 3.27. The van der Waals surface area contributed by atoms with E-state index in [1.165, 1.54) is 0 Å². The number of carbonyl (C=O) groups excluding carboxylic acids is 1. The molecule has 0 aromatic heterocycles. The number of hydrogen-bond donors (Lipinski definition) is 2. The molecule has 1 fully saturated rings. The fourth-order valence-corrected chi connectivity index (χ4v) is 1.63. The van der Waals surface area contributed by atoms with Crippen LogP contribution in [0.2, 0.25) is 0 Å². The molecule has 1 unspecified atom stereocenters. The minimum Gasteiger partial charge on any atom is -0.505 e. The maximum absolute atomic E-state index is 13.4. The Morgan fingerprint density at radius 1 is 1.17 bits per heavy atom. The highest BCUT2D eigenvalue weighted by Gasteiger charge is 2.62. The fraction of sp³-hybridized carbons (Fsp3) is 0.615. The van der Waals surface area contributed by atoms with Gasteiger partial charge in [0.15, 0.2) is 5.76 Å². The maximum atomic E-state index is 13.4. The van der Waals surface area contributed by atoms with Gasteiger partial charge in [-0.05, 0) is 19.8 Å². The number of carboxylic acid groups (broad SMARTS) is 1. The molecular formula is C13H14F5NO5. The Balaban J connectivity index is 3.62. The molecule has 0 radical (unpaired) electrons. The number of esters is 1. The van der Waals surface area contributed by atoms with E-state index in [2.05, 4.69) is 9.73 Å². The molecule has 24 heavy (non-hydrogen) atoms. The van der Waals surface area contributed by atoms with Gasteiger partial charge in [-0.15, -0.1) is 0 Å². The average molecular weight is 359 g/mol. The second-order valence-electron chi connectivity index (χ2n) is 5.09. The van der Waals surface area contributed by atoms with Crippen molar-refractivity contribution in [2.45, 2.75) is 37.9 Å². The van der Waals surface area contributed by atoms with Crippen molar-refractivity contribution in [3.05, 3.63) is 11.3 Å². The zero-order valence-electron chi connectivity index (χ0n) is 12.5. The van der Waals surface area contributed by atoms with Crippen LogP contribution in [-0.4, -0.2) is 53.1 Å². The van der Waals surface area contributed by atoms with Gasteiger partial charge in [0.2, 0.25) is 0 Å². The van der Waals surface area contributed by atoms with Crippen molar-refractivity contribution in [2.75, 3.05) is 7.11 Å². The van der Waals surface area contributed by atoms with E-state index in [1.54, 1.807) is 0 Å². The van der Waals surface area contributed by atoms with E-state index >= 15 is 0 Å². The molecular weight excluding hydrogens is 345 g/mol. The smallest absolute Gasteiger partial charge is 0.461 e. The topological polar surface area (TPSA) is 96.2 Å². The van der Waals surface area contributed by atoms with Crippen LogP contribution in [0.4, 0.5) is 22.0 Å². The van der Waals surface area contributed by atoms with Gasteiger partial charge in [-0.25, -0.2) is 4.79 Å². The number of aliphatic imine (C=N–C) groups is 1. The molecule has 0 spiro atoms. The summed E-state index contributed by atoms with van der Waals surface area (Å²) in [5, 5.41) is 18.4. The van der Waals surface area contributed by atoms with Crippen LogP contribution in [0.5, 0.6) is 0 Å². The monoisotopic (exact) mass is 359 g/mol. The van der Waals surface area contributed by atoms with Crippen molar-refractivity contribution in [3.8, 4) is 0 Å². The van der Waals surface area contributed by atoms with Crippen LogP contribution >= 0.6 is 0 Å². The number of halogens is 5. The van der Waals surface area contributed by atoms with Crippen LogP contribution in [0.1, 0.15) is 19.8 Å². The molecule has 0 aromatic rings. The summed E-state index contributed by atoms with van der Waals surface area (Å²) in [6.45, 7) is 0.936. The van der Waals surface area contributed by atoms with Gasteiger partial charge in [0.1, 0.15) is 5.57 Å². The predicted molar refractivity (Wildman–Crippen MR) is 69.9 cm³/mol. The third-order valence-corrected chi connectivity index (χ3v) is 3.19. The molecule has 1 saturated carbocycles. The zero-order chi connectivity index (χ0) is 18.9. The highest BCUT2D eigenvalue weighted by Crippen LogP contribution is 2.42. The number of carboxylic acids is 1. The van der Waals surface area contributed by atoms with Crippen LogP contribution < -0.4 is 0 Å². The summed E-state index contributed by atoms with van der Waals surface area (Å²) in [6.07, 6.45) is -5.31. The Labute approximate surface area is 132 Å². The number of nitrogens with zero attached hydrogens (tertiary/aromatic N) is 1. The van der Waals surface area contributed by atoms with Crippen LogP contribution in [0, 0.1) is 5.92 Å². The van der Waals surface area contributed by atoms with E-state index in [-0.39, 0.29) is 0 Å². The first-order valence-corrected chi connectivity index (χ1v) is 6.62. The van der Waals surface area contributed by atoms with Crippen LogP contribution in [0.25, 0.3) is 0 Å². The van der Waals surface area contributed by atoms with E-state index in [9.17, 15) is 36.6 Å². The summed E-state index contributed by atoms with van der Waals surface area (Å²) < 4.78 is 68.3. The van der Waals surface area contributed by atoms with E-state index in [0.29, 0.717) is 20.0 Å². The summed E-state index contributed by atoms with van der Waals surface area (Å²) in [6, 6.07) is -0.520.